The minimum absolute atomic E-state index is 0.0590. The van der Waals surface area contributed by atoms with Crippen LogP contribution >= 0.6 is 0 Å². The van der Waals surface area contributed by atoms with Gasteiger partial charge in [0, 0.05) is 32.7 Å². The van der Waals surface area contributed by atoms with Gasteiger partial charge in [0.2, 0.25) is 5.91 Å². The molecule has 6 heteroatoms. The van der Waals surface area contributed by atoms with Crippen molar-refractivity contribution >= 4 is 11.8 Å². The van der Waals surface area contributed by atoms with Gasteiger partial charge in [-0.3, -0.25) is 14.5 Å². The summed E-state index contributed by atoms with van der Waals surface area (Å²) in [6.45, 7) is 5.79. The zero-order valence-electron chi connectivity index (χ0n) is 14.2. The van der Waals surface area contributed by atoms with Gasteiger partial charge in [-0.15, -0.1) is 0 Å². The van der Waals surface area contributed by atoms with Gasteiger partial charge >= 0.3 is 0 Å². The minimum Gasteiger partial charge on any atom is -0.496 e. The number of carbonyl (C=O) groups is 2. The number of rotatable bonds is 4. The Morgan fingerprint density at radius 1 is 1.26 bits per heavy atom. The predicted octanol–water partition coefficient (Wildman–Crippen LogP) is 0.976. The monoisotopic (exact) mass is 319 g/mol. The molecule has 1 atom stereocenters. The van der Waals surface area contributed by atoms with Crippen molar-refractivity contribution in [3.63, 3.8) is 0 Å². The number of nitrogens with one attached hydrogen (secondary N) is 1. The highest BCUT2D eigenvalue weighted by molar-refractivity contribution is 5.97. The van der Waals surface area contributed by atoms with Crippen molar-refractivity contribution in [2.45, 2.75) is 25.9 Å². The van der Waals surface area contributed by atoms with Crippen molar-refractivity contribution in [1.82, 2.24) is 15.1 Å². The van der Waals surface area contributed by atoms with E-state index < -0.39 is 0 Å². The average molecular weight is 319 g/mol. The summed E-state index contributed by atoms with van der Waals surface area (Å²) < 4.78 is 5.27. The van der Waals surface area contributed by atoms with Crippen LogP contribution in [0.15, 0.2) is 24.3 Å². The summed E-state index contributed by atoms with van der Waals surface area (Å²) in [6.07, 6.45) is 0. The summed E-state index contributed by atoms with van der Waals surface area (Å²) in [6, 6.07) is 7.10. The molecule has 2 amide bonds. The number of carbonyl (C=O) groups excluding carboxylic acids is 2. The lowest BCUT2D eigenvalue weighted by Crippen LogP contribution is -2.61. The first-order chi connectivity index (χ1) is 11.0. The van der Waals surface area contributed by atoms with Gasteiger partial charge in [0.25, 0.3) is 5.91 Å². The maximum Gasteiger partial charge on any atom is 0.257 e. The molecule has 2 rings (SSSR count). The van der Waals surface area contributed by atoms with Crippen LogP contribution in [0.1, 0.15) is 24.2 Å². The van der Waals surface area contributed by atoms with Crippen LogP contribution in [0, 0.1) is 0 Å². The molecular formula is C17H25N3O3. The van der Waals surface area contributed by atoms with Crippen LogP contribution in [0.3, 0.4) is 0 Å². The van der Waals surface area contributed by atoms with E-state index in [9.17, 15) is 9.59 Å². The molecule has 0 unspecified atom stereocenters. The molecule has 1 fully saturated rings. The quantitative estimate of drug-likeness (QED) is 0.898. The van der Waals surface area contributed by atoms with Crippen molar-refractivity contribution in [2.75, 3.05) is 33.8 Å². The molecule has 1 saturated heterocycles. The first-order valence-corrected chi connectivity index (χ1v) is 7.89. The van der Waals surface area contributed by atoms with Gasteiger partial charge in [-0.05, 0) is 26.0 Å². The number of para-hydroxylation sites is 1. The van der Waals surface area contributed by atoms with Crippen LogP contribution in [0.2, 0.25) is 0 Å². The molecule has 1 aromatic rings. The molecule has 1 aliphatic heterocycles. The zero-order valence-corrected chi connectivity index (χ0v) is 14.2. The lowest BCUT2D eigenvalue weighted by atomic mass is 10.1. The fourth-order valence-corrected chi connectivity index (χ4v) is 2.99. The second-order valence-corrected chi connectivity index (χ2v) is 5.91. The van der Waals surface area contributed by atoms with Gasteiger partial charge in [0.1, 0.15) is 11.8 Å². The van der Waals surface area contributed by atoms with Gasteiger partial charge in [-0.25, -0.2) is 0 Å². The van der Waals surface area contributed by atoms with Crippen LogP contribution < -0.4 is 10.1 Å². The van der Waals surface area contributed by atoms with Gasteiger partial charge in [-0.2, -0.15) is 0 Å². The van der Waals surface area contributed by atoms with E-state index in [2.05, 4.69) is 24.1 Å². The third-order valence-corrected chi connectivity index (χ3v) is 4.26. The molecule has 1 heterocycles. The van der Waals surface area contributed by atoms with Gasteiger partial charge in [0.05, 0.1) is 12.7 Å². The molecule has 0 bridgehead atoms. The highest BCUT2D eigenvalue weighted by Crippen LogP contribution is 2.22. The smallest absolute Gasteiger partial charge is 0.257 e. The Labute approximate surface area is 137 Å². The summed E-state index contributed by atoms with van der Waals surface area (Å²) in [7, 11) is 3.18. The molecule has 0 aliphatic carbocycles. The molecule has 0 saturated carbocycles. The topological polar surface area (TPSA) is 61.9 Å². The zero-order chi connectivity index (χ0) is 17.0. The number of likely N-dealkylation sites (N-methyl/N-ethyl adjacent to an activating group) is 1. The number of hydrogen-bond acceptors (Lipinski definition) is 4. The van der Waals surface area contributed by atoms with Gasteiger partial charge in [0.15, 0.2) is 0 Å². The minimum atomic E-state index is -0.326. The van der Waals surface area contributed by atoms with E-state index in [0.717, 1.165) is 0 Å². The van der Waals surface area contributed by atoms with E-state index >= 15 is 0 Å². The van der Waals surface area contributed by atoms with E-state index in [1.807, 2.05) is 12.1 Å². The van der Waals surface area contributed by atoms with Crippen LogP contribution in [0.5, 0.6) is 5.75 Å². The lowest BCUT2D eigenvalue weighted by molar-refractivity contribution is -0.128. The fraction of sp³-hybridized carbons (Fsp3) is 0.529. The van der Waals surface area contributed by atoms with Crippen LogP contribution in [-0.2, 0) is 4.79 Å². The third kappa shape index (κ3) is 3.64. The fourth-order valence-electron chi connectivity index (χ4n) is 2.99. The highest BCUT2D eigenvalue weighted by atomic mass is 16.5. The van der Waals surface area contributed by atoms with Crippen LogP contribution in [0.25, 0.3) is 0 Å². The Morgan fingerprint density at radius 3 is 2.57 bits per heavy atom. The number of hydrogen-bond donors (Lipinski definition) is 1. The van der Waals surface area contributed by atoms with E-state index in [1.54, 1.807) is 31.2 Å². The Morgan fingerprint density at radius 2 is 1.96 bits per heavy atom. The molecule has 1 aromatic carbocycles. The van der Waals surface area contributed by atoms with Crippen LogP contribution in [-0.4, -0.2) is 67.5 Å². The highest BCUT2D eigenvalue weighted by Gasteiger charge is 2.35. The van der Waals surface area contributed by atoms with E-state index in [0.29, 0.717) is 30.9 Å². The van der Waals surface area contributed by atoms with Gasteiger partial charge < -0.3 is 15.0 Å². The number of piperazine rings is 1. The summed E-state index contributed by atoms with van der Waals surface area (Å²) in [4.78, 5) is 28.9. The molecule has 1 N–H and O–H groups in total. The maximum absolute atomic E-state index is 12.8. The second-order valence-electron chi connectivity index (χ2n) is 5.91. The van der Waals surface area contributed by atoms with Crippen molar-refractivity contribution in [3.8, 4) is 5.75 Å². The second kappa shape index (κ2) is 7.46. The molecule has 0 radical (unpaired) electrons. The number of methoxy groups -OCH3 is 1. The Balaban J connectivity index is 2.21. The number of ether oxygens (including phenoxy) is 1. The number of benzene rings is 1. The van der Waals surface area contributed by atoms with E-state index in [-0.39, 0.29) is 23.9 Å². The Hall–Kier alpha value is -2.08. The average Bonchev–Trinajstić information content (AvgIpc) is 2.59. The largest absolute Gasteiger partial charge is 0.496 e. The molecule has 6 nitrogen and oxygen atoms in total. The van der Waals surface area contributed by atoms with Crippen molar-refractivity contribution < 1.29 is 14.3 Å². The van der Waals surface area contributed by atoms with E-state index in [4.69, 9.17) is 4.74 Å². The summed E-state index contributed by atoms with van der Waals surface area (Å²) in [5.74, 6) is 0.399. The summed E-state index contributed by atoms with van der Waals surface area (Å²) >= 11 is 0. The maximum atomic E-state index is 12.8. The van der Waals surface area contributed by atoms with Crippen molar-refractivity contribution in [2.24, 2.45) is 0 Å². The molecule has 126 valence electrons. The van der Waals surface area contributed by atoms with Crippen molar-refractivity contribution in [1.29, 1.82) is 0 Å². The first kappa shape index (κ1) is 17.3. The summed E-state index contributed by atoms with van der Waals surface area (Å²) in [5, 5.41) is 2.70. The summed E-state index contributed by atoms with van der Waals surface area (Å²) in [5.41, 5.74) is 0.531. The van der Waals surface area contributed by atoms with E-state index in [1.165, 1.54) is 0 Å². The standard InChI is InChI=1S/C17H25N3O3/c1-12(2)20-10-9-19(11-14(20)16(21)18-3)17(22)13-7-5-6-8-15(13)23-4/h5-8,12,14H,9-11H2,1-4H3,(H,18,21)/t14-/m0/s1. The first-order valence-electron chi connectivity index (χ1n) is 7.89. The lowest BCUT2D eigenvalue weighted by Gasteiger charge is -2.42. The predicted molar refractivity (Wildman–Crippen MR) is 88.6 cm³/mol. The van der Waals surface area contributed by atoms with Gasteiger partial charge in [-0.1, -0.05) is 12.1 Å². The molecule has 23 heavy (non-hydrogen) atoms. The Bertz CT molecular complexity index is 574. The molecular weight excluding hydrogens is 294 g/mol. The van der Waals surface area contributed by atoms with Crippen LogP contribution in [0.4, 0.5) is 0 Å². The van der Waals surface area contributed by atoms with Crippen molar-refractivity contribution in [3.05, 3.63) is 29.8 Å². The normalized spacial score (nSPS) is 18.8. The molecule has 1 aliphatic rings. The molecule has 0 aromatic heterocycles. The number of nitrogens with zero attached hydrogens (tertiary/aromatic N) is 2. The Kier molecular flexibility index (Phi) is 5.60. The SMILES string of the molecule is CNC(=O)[C@@H]1CN(C(=O)c2ccccc2OC)CCN1C(C)C. The number of amides is 2. The third-order valence-electron chi connectivity index (χ3n) is 4.26. The molecule has 0 spiro atoms.